The first-order valence-electron chi connectivity index (χ1n) is 8.51. The van der Waals surface area contributed by atoms with Crippen molar-refractivity contribution in [2.45, 2.75) is 26.4 Å². The molecule has 0 amide bonds. The Labute approximate surface area is 172 Å². The Morgan fingerprint density at radius 1 is 0.967 bits per heavy atom. The number of nitrogens with zero attached hydrogens (tertiary/aromatic N) is 4. The van der Waals surface area contributed by atoms with E-state index >= 15 is 8.78 Å². The quantitative estimate of drug-likeness (QED) is 0.535. The van der Waals surface area contributed by atoms with Crippen molar-refractivity contribution >= 4 is 11.4 Å². The Kier molecular flexibility index (Phi) is 8.71. The standard InChI is InChI=1S/C20H18F2N4O4/c1-20(2,3)30-9-8-29-18-14(19(25-4)26-5)16(22)17(28-7-6-27)13(15(18)21)12(10-23)11-24/h27H,6-9H2,1-3H3. The normalized spacial score (nSPS) is 10.2. The van der Waals surface area contributed by atoms with E-state index in [0.717, 1.165) is 0 Å². The molecule has 0 aromatic heterocycles. The predicted molar refractivity (Wildman–Crippen MR) is 101 cm³/mol. The molecule has 1 N–H and O–H groups in total. The Bertz CT molecular complexity index is 1070. The van der Waals surface area contributed by atoms with Gasteiger partial charge < -0.3 is 19.3 Å². The maximum absolute atomic E-state index is 15.3. The van der Waals surface area contributed by atoms with Crippen LogP contribution in [0.1, 0.15) is 20.8 Å². The molecule has 8 nitrogen and oxygen atoms in total. The molecule has 0 fully saturated rings. The zero-order valence-electron chi connectivity index (χ0n) is 16.5. The highest BCUT2D eigenvalue weighted by molar-refractivity contribution is 5.75. The summed E-state index contributed by atoms with van der Waals surface area (Å²) in [6, 6.07) is 2.88. The van der Waals surface area contributed by atoms with Gasteiger partial charge in [-0.05, 0) is 20.8 Å². The van der Waals surface area contributed by atoms with Gasteiger partial charge in [0.1, 0.15) is 44.1 Å². The molecule has 0 saturated carbocycles. The van der Waals surface area contributed by atoms with Gasteiger partial charge in [0.05, 0.1) is 24.0 Å². The van der Waals surface area contributed by atoms with Gasteiger partial charge in [-0.3, -0.25) is 0 Å². The van der Waals surface area contributed by atoms with E-state index in [9.17, 15) is 0 Å². The van der Waals surface area contributed by atoms with Crippen LogP contribution in [0.25, 0.3) is 21.1 Å². The predicted octanol–water partition coefficient (Wildman–Crippen LogP) is 1.63. The lowest BCUT2D eigenvalue weighted by atomic mass is 10.1. The number of hydrogen-bond acceptors (Lipinski definition) is 6. The van der Waals surface area contributed by atoms with E-state index in [1.54, 1.807) is 20.8 Å². The average Bonchev–Trinajstić information content (AvgIpc) is 2.70. The van der Waals surface area contributed by atoms with E-state index in [1.807, 2.05) is 0 Å². The molecule has 1 aromatic carbocycles. The molecule has 0 radical (unpaired) electrons. The second-order valence-corrected chi connectivity index (χ2v) is 6.56. The largest absolute Gasteiger partial charge is 0.533 e. The molecule has 0 aliphatic heterocycles. The van der Waals surface area contributed by atoms with Crippen molar-refractivity contribution in [2.75, 3.05) is 26.4 Å². The third-order valence-electron chi connectivity index (χ3n) is 3.40. The average molecular weight is 416 g/mol. The summed E-state index contributed by atoms with van der Waals surface area (Å²) in [5.41, 5.74) is -1.34. The van der Waals surface area contributed by atoms with Crippen molar-refractivity contribution in [1.29, 1.82) is 10.5 Å². The third kappa shape index (κ3) is 5.65. The van der Waals surface area contributed by atoms with E-state index < -0.39 is 63.8 Å². The molecule has 0 atom stereocenters. The fraction of sp³-hybridized carbons (Fsp3) is 0.400. The molecular formula is C20H18F2N4O4. The van der Waals surface area contributed by atoms with Crippen molar-refractivity contribution in [2.24, 2.45) is 0 Å². The van der Waals surface area contributed by atoms with Crippen LogP contribution in [0, 0.1) is 47.4 Å². The molecular weight excluding hydrogens is 398 g/mol. The Morgan fingerprint density at radius 3 is 1.93 bits per heavy atom. The fourth-order valence-electron chi connectivity index (χ4n) is 2.25. The van der Waals surface area contributed by atoms with Crippen LogP contribution in [0.15, 0.2) is 0 Å². The molecule has 0 aliphatic carbocycles. The molecule has 0 aliphatic rings. The van der Waals surface area contributed by atoms with Crippen LogP contribution in [0.5, 0.6) is 11.5 Å². The van der Waals surface area contributed by atoms with Crippen LogP contribution in [-0.4, -0.2) is 37.1 Å². The summed E-state index contributed by atoms with van der Waals surface area (Å²) in [4.78, 5) is 5.79. The second-order valence-electron chi connectivity index (χ2n) is 6.56. The van der Waals surface area contributed by atoms with Crippen molar-refractivity contribution in [3.05, 3.63) is 44.9 Å². The van der Waals surface area contributed by atoms with Gasteiger partial charge in [0.2, 0.25) is 0 Å². The molecule has 156 valence electrons. The number of hydrogen-bond donors (Lipinski definition) is 1. The third-order valence-corrected chi connectivity index (χ3v) is 3.40. The van der Waals surface area contributed by atoms with Gasteiger partial charge in [-0.25, -0.2) is 8.78 Å². The summed E-state index contributed by atoms with van der Waals surface area (Å²) < 4.78 is 46.3. The zero-order valence-corrected chi connectivity index (χ0v) is 16.5. The fourth-order valence-corrected chi connectivity index (χ4v) is 2.25. The summed E-state index contributed by atoms with van der Waals surface area (Å²) in [5, 5.41) is 25.6. The summed E-state index contributed by atoms with van der Waals surface area (Å²) in [6.07, 6.45) is 0. The number of benzene rings is 1. The molecule has 0 heterocycles. The number of rotatable bonds is 7. The maximum atomic E-state index is 15.3. The summed E-state index contributed by atoms with van der Waals surface area (Å²) in [5.74, 6) is -5.25. The molecule has 0 spiro atoms. The molecule has 0 bridgehead atoms. The summed E-state index contributed by atoms with van der Waals surface area (Å²) >= 11 is 0. The minimum atomic E-state index is -1.36. The van der Waals surface area contributed by atoms with Gasteiger partial charge in [-0.15, -0.1) is 0 Å². The smallest absolute Gasteiger partial charge is 0.488 e. The number of aliphatic hydroxyl groups is 1. The van der Waals surface area contributed by atoms with E-state index in [-0.39, 0.29) is 13.2 Å². The van der Waals surface area contributed by atoms with Gasteiger partial charge in [-0.2, -0.15) is 20.2 Å². The van der Waals surface area contributed by atoms with Crippen LogP contribution < -0.4 is 19.9 Å². The van der Waals surface area contributed by atoms with Crippen LogP contribution in [0.3, 0.4) is 0 Å². The number of ether oxygens (including phenoxy) is 3. The highest BCUT2D eigenvalue weighted by atomic mass is 19.1. The maximum Gasteiger partial charge on any atom is 0.533 e. The van der Waals surface area contributed by atoms with Crippen LogP contribution in [0.2, 0.25) is 0 Å². The van der Waals surface area contributed by atoms with Crippen molar-refractivity contribution in [1.82, 2.24) is 0 Å². The molecule has 1 aromatic rings. The lowest BCUT2D eigenvalue weighted by molar-refractivity contribution is -0.0168. The molecule has 10 heteroatoms. The SMILES string of the molecule is [C-]#[N+]C([N+]#[C-])=c1c(F)c(OCCO)c(=C(C#N)C#N)c(F)c1OCCOC(C)(C)C. The molecule has 0 unspecified atom stereocenters. The molecule has 1 rings (SSSR count). The summed E-state index contributed by atoms with van der Waals surface area (Å²) in [7, 11) is 0. The lowest BCUT2D eigenvalue weighted by Gasteiger charge is -2.20. The highest BCUT2D eigenvalue weighted by Gasteiger charge is 2.27. The van der Waals surface area contributed by atoms with Gasteiger partial charge in [-0.1, -0.05) is 0 Å². The minimum absolute atomic E-state index is 0.0272. The first kappa shape index (κ1) is 24.3. The van der Waals surface area contributed by atoms with Gasteiger partial charge in [0.15, 0.2) is 28.4 Å². The summed E-state index contributed by atoms with van der Waals surface area (Å²) in [6.45, 7) is 18.1. The Morgan fingerprint density at radius 2 is 1.47 bits per heavy atom. The van der Waals surface area contributed by atoms with E-state index in [1.165, 1.54) is 12.1 Å². The van der Waals surface area contributed by atoms with Gasteiger partial charge in [0, 0.05) is 0 Å². The van der Waals surface area contributed by atoms with Gasteiger partial charge in [0.25, 0.3) is 0 Å². The Balaban J connectivity index is 3.92. The Hall–Kier alpha value is -3.70. The zero-order chi connectivity index (χ0) is 22.9. The van der Waals surface area contributed by atoms with Crippen molar-refractivity contribution in [3.63, 3.8) is 0 Å². The topological polar surface area (TPSA) is 104 Å². The first-order valence-corrected chi connectivity index (χ1v) is 8.51. The minimum Gasteiger partial charge on any atom is -0.488 e. The van der Waals surface area contributed by atoms with E-state index in [4.69, 9.17) is 43.0 Å². The second kappa shape index (κ2) is 10.7. The molecule has 30 heavy (non-hydrogen) atoms. The van der Waals surface area contributed by atoms with E-state index in [0.29, 0.717) is 0 Å². The number of aliphatic hydroxyl groups excluding tert-OH is 1. The first-order chi connectivity index (χ1) is 14.2. The number of halogens is 2. The van der Waals surface area contributed by atoms with Gasteiger partial charge >= 0.3 is 5.82 Å². The van der Waals surface area contributed by atoms with Crippen molar-refractivity contribution < 1.29 is 28.1 Å². The van der Waals surface area contributed by atoms with Crippen LogP contribution in [0.4, 0.5) is 8.78 Å². The monoisotopic (exact) mass is 416 g/mol. The molecule has 0 saturated heterocycles. The number of nitriles is 2. The lowest BCUT2D eigenvalue weighted by Crippen LogP contribution is -2.30. The van der Waals surface area contributed by atoms with E-state index in [2.05, 4.69) is 9.69 Å². The van der Waals surface area contributed by atoms with Crippen LogP contribution >= 0.6 is 0 Å². The highest BCUT2D eigenvalue weighted by Crippen LogP contribution is 2.21. The van der Waals surface area contributed by atoms with Crippen LogP contribution in [-0.2, 0) is 4.74 Å². The van der Waals surface area contributed by atoms with Crippen molar-refractivity contribution in [3.8, 4) is 23.6 Å².